The van der Waals surface area contributed by atoms with Gasteiger partial charge in [0.2, 0.25) is 0 Å². The van der Waals surface area contributed by atoms with Gasteiger partial charge in [0.15, 0.2) is 0 Å². The van der Waals surface area contributed by atoms with Crippen LogP contribution in [-0.4, -0.2) is 19.9 Å². The van der Waals surface area contributed by atoms with Gasteiger partial charge >= 0.3 is 0 Å². The maximum atomic E-state index is 5.30. The summed E-state index contributed by atoms with van der Waals surface area (Å²) in [5, 5.41) is 3.35. The molecule has 1 aliphatic rings. The number of pyridine rings is 4. The molecule has 10 rings (SSSR count). The standard InChI is InChI=1S/C53H36N4/c1-3-15-51-48(13-1)46(25-28-55-51)43-31-44(47-26-29-56-52-16-4-2-14-49(47)52)33-45(32-43)50-24-23-39-21-22-41(34-53(39)57-50)38-19-17-36(18-20-38)8-5-9-37-10-6-11-40(30-37)42-12-7-27-54-35-42/h1-17,19-35H,18H2/b9-5+,36-8-. The van der Waals surface area contributed by atoms with Crippen LogP contribution in [0.4, 0.5) is 0 Å². The predicted molar refractivity (Wildman–Crippen MR) is 237 cm³/mol. The molecule has 0 radical (unpaired) electrons. The normalized spacial score (nSPS) is 13.5. The highest BCUT2D eigenvalue weighted by Crippen LogP contribution is 2.38. The second-order valence-corrected chi connectivity index (χ2v) is 14.3. The lowest BCUT2D eigenvalue weighted by Crippen LogP contribution is -1.92. The molecule has 5 aromatic carbocycles. The fourth-order valence-corrected chi connectivity index (χ4v) is 7.78. The van der Waals surface area contributed by atoms with Crippen LogP contribution in [0.1, 0.15) is 17.5 Å². The molecule has 0 amide bonds. The van der Waals surface area contributed by atoms with Crippen molar-refractivity contribution in [3.8, 4) is 44.6 Å². The van der Waals surface area contributed by atoms with Crippen molar-refractivity contribution < 1.29 is 0 Å². The van der Waals surface area contributed by atoms with Crippen LogP contribution in [0.25, 0.3) is 89.0 Å². The number of rotatable bonds is 7. The molecule has 57 heavy (non-hydrogen) atoms. The highest BCUT2D eigenvalue weighted by molar-refractivity contribution is 5.99. The summed E-state index contributed by atoms with van der Waals surface area (Å²) < 4.78 is 0. The Morgan fingerprint density at radius 1 is 0.491 bits per heavy atom. The molecule has 0 saturated heterocycles. The average Bonchev–Trinajstić information content (AvgIpc) is 3.29. The molecule has 1 aliphatic carbocycles. The van der Waals surface area contributed by atoms with Gasteiger partial charge in [-0.05, 0) is 123 Å². The summed E-state index contributed by atoms with van der Waals surface area (Å²) in [5.74, 6) is 0. The van der Waals surface area contributed by atoms with E-state index in [1.165, 1.54) is 11.1 Å². The van der Waals surface area contributed by atoms with Crippen molar-refractivity contribution in [3.63, 3.8) is 0 Å². The number of nitrogens with zero attached hydrogens (tertiary/aromatic N) is 4. The second-order valence-electron chi connectivity index (χ2n) is 14.3. The number of aromatic nitrogens is 4. The average molecular weight is 729 g/mol. The Morgan fingerprint density at radius 3 is 1.93 bits per heavy atom. The predicted octanol–water partition coefficient (Wildman–Crippen LogP) is 13.4. The van der Waals surface area contributed by atoms with Crippen LogP contribution in [0.3, 0.4) is 0 Å². The number of hydrogen-bond acceptors (Lipinski definition) is 4. The molecule has 4 aromatic heterocycles. The number of allylic oxidation sites excluding steroid dienone is 7. The zero-order valence-electron chi connectivity index (χ0n) is 31.1. The van der Waals surface area contributed by atoms with E-state index in [1.807, 2.05) is 36.8 Å². The summed E-state index contributed by atoms with van der Waals surface area (Å²) in [4.78, 5) is 18.9. The number of benzene rings is 5. The summed E-state index contributed by atoms with van der Waals surface area (Å²) in [7, 11) is 0. The number of para-hydroxylation sites is 2. The van der Waals surface area contributed by atoms with Crippen LogP contribution in [0.15, 0.2) is 206 Å². The Bertz CT molecular complexity index is 2990. The Kier molecular flexibility index (Phi) is 8.90. The molecule has 9 aromatic rings. The highest BCUT2D eigenvalue weighted by Gasteiger charge is 2.14. The molecule has 0 aliphatic heterocycles. The minimum absolute atomic E-state index is 0.861. The maximum absolute atomic E-state index is 5.30. The Labute approximate surface area is 331 Å². The van der Waals surface area contributed by atoms with Gasteiger partial charge < -0.3 is 0 Å². The maximum Gasteiger partial charge on any atom is 0.0715 e. The largest absolute Gasteiger partial charge is 0.264 e. The Morgan fingerprint density at radius 2 is 1.21 bits per heavy atom. The van der Waals surface area contributed by atoms with Gasteiger partial charge in [0.1, 0.15) is 0 Å². The highest BCUT2D eigenvalue weighted by atomic mass is 14.7. The fraction of sp³-hybridized carbons (Fsp3) is 0.0189. The first kappa shape index (κ1) is 34.0. The third-order valence-electron chi connectivity index (χ3n) is 10.7. The van der Waals surface area contributed by atoms with E-state index < -0.39 is 0 Å². The van der Waals surface area contributed by atoms with E-state index in [9.17, 15) is 0 Å². The van der Waals surface area contributed by atoms with E-state index in [1.54, 1.807) is 6.20 Å². The van der Waals surface area contributed by atoms with Crippen LogP contribution in [-0.2, 0) is 0 Å². The third-order valence-corrected chi connectivity index (χ3v) is 10.7. The van der Waals surface area contributed by atoms with E-state index in [4.69, 9.17) is 4.98 Å². The number of hydrogen-bond donors (Lipinski definition) is 0. The molecule has 0 spiro atoms. The lowest BCUT2D eigenvalue weighted by molar-refractivity contribution is 1.27. The minimum Gasteiger partial charge on any atom is -0.264 e. The van der Waals surface area contributed by atoms with Crippen molar-refractivity contribution >= 4 is 44.4 Å². The van der Waals surface area contributed by atoms with Crippen molar-refractivity contribution in [2.75, 3.05) is 0 Å². The van der Waals surface area contributed by atoms with E-state index in [0.717, 1.165) is 94.9 Å². The van der Waals surface area contributed by atoms with Gasteiger partial charge in [-0.25, -0.2) is 4.98 Å². The number of fused-ring (bicyclic) bond motifs is 3. The Hall–Kier alpha value is -7.56. The summed E-state index contributed by atoms with van der Waals surface area (Å²) in [6.45, 7) is 0. The second kappa shape index (κ2) is 14.9. The molecule has 268 valence electrons. The van der Waals surface area contributed by atoms with Gasteiger partial charge in [-0.1, -0.05) is 115 Å². The van der Waals surface area contributed by atoms with E-state index in [2.05, 4.69) is 179 Å². The summed E-state index contributed by atoms with van der Waals surface area (Å²) in [6.07, 6.45) is 21.6. The molecular weight excluding hydrogens is 693 g/mol. The van der Waals surface area contributed by atoms with Crippen LogP contribution in [0.5, 0.6) is 0 Å². The Balaban J connectivity index is 0.966. The zero-order valence-corrected chi connectivity index (χ0v) is 31.1. The molecule has 4 nitrogen and oxygen atoms in total. The monoisotopic (exact) mass is 728 g/mol. The van der Waals surface area contributed by atoms with Crippen molar-refractivity contribution in [1.82, 2.24) is 19.9 Å². The van der Waals surface area contributed by atoms with E-state index >= 15 is 0 Å². The van der Waals surface area contributed by atoms with Gasteiger partial charge in [0.25, 0.3) is 0 Å². The quantitative estimate of drug-likeness (QED) is 0.164. The third kappa shape index (κ3) is 6.97. The lowest BCUT2D eigenvalue weighted by atomic mass is 9.92. The summed E-state index contributed by atoms with van der Waals surface area (Å²) >= 11 is 0. The summed E-state index contributed by atoms with van der Waals surface area (Å²) in [5.41, 5.74) is 16.5. The van der Waals surface area contributed by atoms with Crippen molar-refractivity contribution in [2.24, 2.45) is 0 Å². The minimum atomic E-state index is 0.861. The van der Waals surface area contributed by atoms with Crippen molar-refractivity contribution in [3.05, 3.63) is 217 Å². The molecule has 0 fully saturated rings. The molecule has 0 N–H and O–H groups in total. The van der Waals surface area contributed by atoms with Gasteiger partial charge in [0.05, 0.1) is 22.2 Å². The molecule has 0 atom stereocenters. The van der Waals surface area contributed by atoms with Crippen molar-refractivity contribution in [1.29, 1.82) is 0 Å². The zero-order chi connectivity index (χ0) is 38.0. The van der Waals surface area contributed by atoms with Gasteiger partial charge in [-0.2, -0.15) is 0 Å². The van der Waals surface area contributed by atoms with Crippen LogP contribution in [0, 0.1) is 0 Å². The van der Waals surface area contributed by atoms with E-state index in [0.29, 0.717) is 0 Å². The van der Waals surface area contributed by atoms with Gasteiger partial charge in [-0.15, -0.1) is 0 Å². The van der Waals surface area contributed by atoms with Gasteiger partial charge in [0, 0.05) is 52.1 Å². The van der Waals surface area contributed by atoms with E-state index in [-0.39, 0.29) is 0 Å². The molecule has 0 bridgehead atoms. The fourth-order valence-electron chi connectivity index (χ4n) is 7.78. The summed E-state index contributed by atoms with van der Waals surface area (Å²) in [6, 6.07) is 51.2. The van der Waals surface area contributed by atoms with Crippen LogP contribution in [0.2, 0.25) is 0 Å². The smallest absolute Gasteiger partial charge is 0.0715 e. The molecular formula is C53H36N4. The topological polar surface area (TPSA) is 51.6 Å². The van der Waals surface area contributed by atoms with Gasteiger partial charge in [-0.3, -0.25) is 15.0 Å². The molecule has 0 saturated carbocycles. The SMILES string of the molecule is C1=C/C(=C/C=C/c2cccc(-c3cccnc3)c2)CC=C1c1ccc2ccc(-c3cc(-c4ccnc5ccccc45)cc(-c4ccnc5ccccc45)c3)nc2c1. The molecule has 0 unspecified atom stereocenters. The van der Waals surface area contributed by atoms with Crippen LogP contribution >= 0.6 is 0 Å². The van der Waals surface area contributed by atoms with Crippen LogP contribution < -0.4 is 0 Å². The lowest BCUT2D eigenvalue weighted by Gasteiger charge is -2.14. The van der Waals surface area contributed by atoms with Crippen molar-refractivity contribution in [2.45, 2.75) is 6.42 Å². The first-order chi connectivity index (χ1) is 28.2. The molecule has 4 heteroatoms. The first-order valence-electron chi connectivity index (χ1n) is 19.2. The first-order valence-corrected chi connectivity index (χ1v) is 19.2. The molecule has 4 heterocycles.